The van der Waals surface area contributed by atoms with E-state index in [-0.39, 0.29) is 0 Å². The number of piperidine rings is 1. The predicted molar refractivity (Wildman–Crippen MR) is 67.1 cm³/mol. The fraction of sp³-hybridized carbons (Fsp3) is 0.667. The maximum Gasteiger partial charge on any atom is 0.129 e. The van der Waals surface area contributed by atoms with Crippen LogP contribution in [0.25, 0.3) is 0 Å². The summed E-state index contributed by atoms with van der Waals surface area (Å²) in [5.74, 6) is 0.929. The molecule has 0 spiro atoms. The van der Waals surface area contributed by atoms with E-state index in [4.69, 9.17) is 4.74 Å². The van der Waals surface area contributed by atoms with Crippen molar-refractivity contribution < 1.29 is 4.74 Å². The third kappa shape index (κ3) is 3.94. The highest BCUT2D eigenvalue weighted by molar-refractivity contribution is 5.36. The van der Waals surface area contributed by atoms with Gasteiger partial charge in [0, 0.05) is 31.3 Å². The molecule has 2 rings (SSSR count). The van der Waals surface area contributed by atoms with Gasteiger partial charge in [-0.05, 0) is 25.9 Å². The van der Waals surface area contributed by atoms with Crippen LogP contribution in [0.3, 0.4) is 0 Å². The second kappa shape index (κ2) is 6.51. The molecular formula is C12H20N4O. The highest BCUT2D eigenvalue weighted by atomic mass is 16.5. The van der Waals surface area contributed by atoms with Gasteiger partial charge in [0.25, 0.3) is 0 Å². The molecule has 5 heteroatoms. The molecule has 1 aliphatic rings. The third-order valence-corrected chi connectivity index (χ3v) is 2.98. The highest BCUT2D eigenvalue weighted by Gasteiger charge is 2.13. The van der Waals surface area contributed by atoms with E-state index >= 15 is 0 Å². The first kappa shape index (κ1) is 12.3. The molecule has 5 nitrogen and oxygen atoms in total. The van der Waals surface area contributed by atoms with Gasteiger partial charge in [0.1, 0.15) is 12.1 Å². The molecule has 0 amide bonds. The number of nitrogens with zero attached hydrogens (tertiary/aromatic N) is 2. The van der Waals surface area contributed by atoms with Crippen molar-refractivity contribution in [1.82, 2.24) is 15.3 Å². The number of hydrogen-bond acceptors (Lipinski definition) is 5. The molecule has 94 valence electrons. The Labute approximate surface area is 102 Å². The second-order valence-electron chi connectivity index (χ2n) is 4.31. The van der Waals surface area contributed by atoms with Crippen molar-refractivity contribution in [3.8, 4) is 0 Å². The third-order valence-electron chi connectivity index (χ3n) is 2.98. The fourth-order valence-corrected chi connectivity index (χ4v) is 2.00. The number of anilines is 1. The number of aromatic nitrogens is 2. The molecule has 1 aromatic heterocycles. The van der Waals surface area contributed by atoms with Gasteiger partial charge in [0.15, 0.2) is 0 Å². The minimum atomic E-state index is 0.529. The molecule has 2 N–H and O–H groups in total. The van der Waals surface area contributed by atoms with Crippen molar-refractivity contribution in [3.05, 3.63) is 18.1 Å². The molecule has 0 unspecified atom stereocenters. The smallest absolute Gasteiger partial charge is 0.129 e. The van der Waals surface area contributed by atoms with Crippen molar-refractivity contribution in [2.45, 2.75) is 25.3 Å². The SMILES string of the molecule is COCCc1cc(NC2CCNCC2)ncn1. The number of methoxy groups -OCH3 is 1. The Kier molecular flexibility index (Phi) is 4.70. The highest BCUT2D eigenvalue weighted by Crippen LogP contribution is 2.11. The summed E-state index contributed by atoms with van der Waals surface area (Å²) < 4.78 is 5.05. The molecular weight excluding hydrogens is 216 g/mol. The largest absolute Gasteiger partial charge is 0.384 e. The fourth-order valence-electron chi connectivity index (χ4n) is 2.00. The summed E-state index contributed by atoms with van der Waals surface area (Å²) in [4.78, 5) is 8.48. The van der Waals surface area contributed by atoms with Crippen LogP contribution in [0.1, 0.15) is 18.5 Å². The Hall–Kier alpha value is -1.20. The minimum Gasteiger partial charge on any atom is -0.384 e. The zero-order chi connectivity index (χ0) is 11.9. The summed E-state index contributed by atoms with van der Waals surface area (Å²) >= 11 is 0. The molecule has 0 atom stereocenters. The maximum atomic E-state index is 5.05. The molecule has 1 fully saturated rings. The second-order valence-corrected chi connectivity index (χ2v) is 4.31. The van der Waals surface area contributed by atoms with Gasteiger partial charge in [-0.3, -0.25) is 0 Å². The standard InChI is InChI=1S/C12H20N4O/c1-17-7-4-11-8-12(15-9-14-11)16-10-2-5-13-6-3-10/h8-10,13H,2-7H2,1H3,(H,14,15,16). The summed E-state index contributed by atoms with van der Waals surface area (Å²) in [6.07, 6.45) is 4.75. The van der Waals surface area contributed by atoms with E-state index in [1.807, 2.05) is 6.07 Å². The van der Waals surface area contributed by atoms with Gasteiger partial charge < -0.3 is 15.4 Å². The van der Waals surface area contributed by atoms with E-state index in [1.54, 1.807) is 13.4 Å². The lowest BCUT2D eigenvalue weighted by Crippen LogP contribution is -2.35. The molecule has 0 aliphatic carbocycles. The molecule has 17 heavy (non-hydrogen) atoms. The molecule has 2 heterocycles. The topological polar surface area (TPSA) is 59.1 Å². The van der Waals surface area contributed by atoms with Gasteiger partial charge in [0.05, 0.1) is 6.61 Å². The predicted octanol–water partition coefficient (Wildman–Crippen LogP) is 0.829. The lowest BCUT2D eigenvalue weighted by Gasteiger charge is -2.24. The van der Waals surface area contributed by atoms with Crippen molar-refractivity contribution in [1.29, 1.82) is 0 Å². The molecule has 0 bridgehead atoms. The van der Waals surface area contributed by atoms with Crippen molar-refractivity contribution in [2.75, 3.05) is 32.1 Å². The van der Waals surface area contributed by atoms with Crippen molar-refractivity contribution in [2.24, 2.45) is 0 Å². The number of rotatable bonds is 5. The van der Waals surface area contributed by atoms with Gasteiger partial charge in [0.2, 0.25) is 0 Å². The Bertz CT molecular complexity index is 339. The van der Waals surface area contributed by atoms with Gasteiger partial charge in [-0.1, -0.05) is 0 Å². The van der Waals surface area contributed by atoms with Crippen LogP contribution in [0.2, 0.25) is 0 Å². The summed E-state index contributed by atoms with van der Waals surface area (Å²) in [5.41, 5.74) is 1.03. The van der Waals surface area contributed by atoms with Gasteiger partial charge in [-0.25, -0.2) is 9.97 Å². The number of ether oxygens (including phenoxy) is 1. The maximum absolute atomic E-state index is 5.05. The Morgan fingerprint density at radius 1 is 1.41 bits per heavy atom. The quantitative estimate of drug-likeness (QED) is 0.793. The molecule has 0 saturated carbocycles. The zero-order valence-corrected chi connectivity index (χ0v) is 10.3. The molecule has 1 aromatic rings. The Morgan fingerprint density at radius 3 is 3.00 bits per heavy atom. The Balaban J connectivity index is 1.90. The van der Waals surface area contributed by atoms with Crippen LogP contribution in [-0.4, -0.2) is 42.8 Å². The van der Waals surface area contributed by atoms with E-state index in [0.717, 1.165) is 43.9 Å². The average Bonchev–Trinajstić information content (AvgIpc) is 2.38. The van der Waals surface area contributed by atoms with Crippen LogP contribution < -0.4 is 10.6 Å². The van der Waals surface area contributed by atoms with E-state index in [9.17, 15) is 0 Å². The summed E-state index contributed by atoms with van der Waals surface area (Å²) in [6, 6.07) is 2.54. The first-order chi connectivity index (χ1) is 8.38. The lowest BCUT2D eigenvalue weighted by atomic mass is 10.1. The van der Waals surface area contributed by atoms with Crippen molar-refractivity contribution in [3.63, 3.8) is 0 Å². The summed E-state index contributed by atoms with van der Waals surface area (Å²) in [5, 5.41) is 6.82. The molecule has 0 aromatic carbocycles. The van der Waals surface area contributed by atoms with Crippen LogP contribution in [0.4, 0.5) is 5.82 Å². The molecule has 1 saturated heterocycles. The van der Waals surface area contributed by atoms with E-state index in [1.165, 1.54) is 0 Å². The average molecular weight is 236 g/mol. The lowest BCUT2D eigenvalue weighted by molar-refractivity contribution is 0.201. The van der Waals surface area contributed by atoms with Crippen LogP contribution in [0.15, 0.2) is 12.4 Å². The normalized spacial score (nSPS) is 17.0. The first-order valence-electron chi connectivity index (χ1n) is 6.15. The van der Waals surface area contributed by atoms with Crippen molar-refractivity contribution >= 4 is 5.82 Å². The van der Waals surface area contributed by atoms with E-state index in [0.29, 0.717) is 12.6 Å². The Morgan fingerprint density at radius 2 is 2.24 bits per heavy atom. The summed E-state index contributed by atoms with van der Waals surface area (Å²) in [7, 11) is 1.70. The number of hydrogen-bond donors (Lipinski definition) is 2. The summed E-state index contributed by atoms with van der Waals surface area (Å²) in [6.45, 7) is 2.86. The van der Waals surface area contributed by atoms with Crippen LogP contribution in [0.5, 0.6) is 0 Å². The van der Waals surface area contributed by atoms with Crippen LogP contribution >= 0.6 is 0 Å². The first-order valence-corrected chi connectivity index (χ1v) is 6.15. The van der Waals surface area contributed by atoms with Gasteiger partial charge >= 0.3 is 0 Å². The zero-order valence-electron chi connectivity index (χ0n) is 10.3. The number of nitrogens with one attached hydrogen (secondary N) is 2. The van der Waals surface area contributed by atoms with E-state index in [2.05, 4.69) is 20.6 Å². The van der Waals surface area contributed by atoms with Crippen LogP contribution in [-0.2, 0) is 11.2 Å². The molecule has 1 aliphatic heterocycles. The monoisotopic (exact) mass is 236 g/mol. The van der Waals surface area contributed by atoms with Gasteiger partial charge in [-0.15, -0.1) is 0 Å². The molecule has 0 radical (unpaired) electrons. The van der Waals surface area contributed by atoms with Crippen LogP contribution in [0, 0.1) is 0 Å². The van der Waals surface area contributed by atoms with Gasteiger partial charge in [-0.2, -0.15) is 0 Å². The minimum absolute atomic E-state index is 0.529. The van der Waals surface area contributed by atoms with E-state index < -0.39 is 0 Å².